The Kier molecular flexibility index (Phi) is 22.6. The molecule has 0 saturated carbocycles. The zero-order valence-corrected chi connectivity index (χ0v) is 32.4. The average Bonchev–Trinajstić information content (AvgIpc) is 3.10. The number of hydrogen-bond donors (Lipinski definition) is 13. The summed E-state index contributed by atoms with van der Waals surface area (Å²) in [4.78, 5) is 121. The van der Waals surface area contributed by atoms with Crippen molar-refractivity contribution in [3.05, 3.63) is 29.8 Å². The van der Waals surface area contributed by atoms with Gasteiger partial charge in [-0.05, 0) is 36.5 Å². The standard InChI is InChI=1S/C31H46N8O12S.C2HF3O2/c1-14(2)9-17(32)26(45)35-18(7-8-25(43)44)27(46)37-20(11-23(33)41)29(48)36-19(10-15-3-5-16(40)6-4-15)28(47)39-22(13-52)30(49)38-21(31(50)51)12-24(34)42;3-2(4,5)1(6)7/h3-6,14,17-22,40,52H,7-13,32H2,1-2H3,(H2,33,41)(H2,34,42)(H,35,45)(H,36,48)(H,37,46)(H,38,49)(H,39,47)(H,43,44)(H,50,51);(H,6,7). The Balaban J connectivity index is 0.00000438. The van der Waals surface area contributed by atoms with Crippen LogP contribution in [0.4, 0.5) is 13.2 Å². The van der Waals surface area contributed by atoms with Gasteiger partial charge in [-0.25, -0.2) is 9.59 Å². The van der Waals surface area contributed by atoms with Gasteiger partial charge in [-0.3, -0.25) is 38.4 Å². The molecular formula is C33H47F3N8O14S. The van der Waals surface area contributed by atoms with Crippen LogP contribution in [0.1, 0.15) is 51.5 Å². The summed E-state index contributed by atoms with van der Waals surface area (Å²) in [6.07, 6.45) is -7.70. The maximum absolute atomic E-state index is 13.6. The Morgan fingerprint density at radius 1 is 0.678 bits per heavy atom. The van der Waals surface area contributed by atoms with Gasteiger partial charge < -0.3 is 64.2 Å². The van der Waals surface area contributed by atoms with Crippen LogP contribution in [0, 0.1) is 5.92 Å². The number of halogens is 3. The number of primary amides is 2. The van der Waals surface area contributed by atoms with E-state index in [0.717, 1.165) is 0 Å². The molecule has 59 heavy (non-hydrogen) atoms. The van der Waals surface area contributed by atoms with Crippen molar-refractivity contribution in [3.63, 3.8) is 0 Å². The predicted molar refractivity (Wildman–Crippen MR) is 199 cm³/mol. The van der Waals surface area contributed by atoms with Crippen molar-refractivity contribution in [2.75, 3.05) is 5.75 Å². The van der Waals surface area contributed by atoms with Gasteiger partial charge in [0.15, 0.2) is 0 Å². The Morgan fingerprint density at radius 2 is 1.08 bits per heavy atom. The van der Waals surface area contributed by atoms with E-state index < -0.39 is 127 Å². The van der Waals surface area contributed by atoms with E-state index in [2.05, 4.69) is 39.2 Å². The molecule has 0 aliphatic carbocycles. The number of phenols is 1. The van der Waals surface area contributed by atoms with Crippen LogP contribution in [0.15, 0.2) is 24.3 Å². The van der Waals surface area contributed by atoms with Gasteiger partial charge in [0.25, 0.3) is 0 Å². The highest BCUT2D eigenvalue weighted by Crippen LogP contribution is 2.14. The Hall–Kier alpha value is -6.18. The number of nitrogens with one attached hydrogen (secondary N) is 5. The fourth-order valence-corrected chi connectivity index (χ4v) is 4.86. The second kappa shape index (κ2) is 25.2. The van der Waals surface area contributed by atoms with E-state index in [9.17, 15) is 71.6 Å². The number of thiol groups is 1. The lowest BCUT2D eigenvalue weighted by Crippen LogP contribution is -2.60. The molecule has 26 heteroatoms. The predicted octanol–water partition coefficient (Wildman–Crippen LogP) is -3.00. The first-order chi connectivity index (χ1) is 27.2. The van der Waals surface area contributed by atoms with Crippen LogP contribution in [-0.2, 0) is 54.4 Å². The Morgan fingerprint density at radius 3 is 1.53 bits per heavy atom. The number of carboxylic acids is 3. The fraction of sp³-hybridized carbons (Fsp3) is 0.515. The molecule has 0 radical (unpaired) electrons. The van der Waals surface area contributed by atoms with E-state index in [1.165, 1.54) is 24.3 Å². The highest BCUT2D eigenvalue weighted by atomic mass is 32.1. The number of nitrogens with two attached hydrogens (primary N) is 3. The second-order valence-electron chi connectivity index (χ2n) is 13.0. The van der Waals surface area contributed by atoms with Crippen LogP contribution in [0.2, 0.25) is 0 Å². The molecule has 0 spiro atoms. The van der Waals surface area contributed by atoms with Crippen molar-refractivity contribution in [1.29, 1.82) is 0 Å². The molecule has 0 heterocycles. The molecule has 1 aromatic rings. The minimum absolute atomic E-state index is 0.00308. The van der Waals surface area contributed by atoms with Crippen LogP contribution >= 0.6 is 12.6 Å². The van der Waals surface area contributed by atoms with Crippen LogP contribution in [0.5, 0.6) is 5.75 Å². The van der Waals surface area contributed by atoms with Gasteiger partial charge >= 0.3 is 24.1 Å². The van der Waals surface area contributed by atoms with E-state index >= 15 is 0 Å². The number of amides is 7. The summed E-state index contributed by atoms with van der Waals surface area (Å²) in [7, 11) is 0. The maximum atomic E-state index is 13.6. The van der Waals surface area contributed by atoms with Crippen LogP contribution in [-0.4, -0.2) is 128 Å². The zero-order valence-electron chi connectivity index (χ0n) is 31.5. The highest BCUT2D eigenvalue weighted by Gasteiger charge is 2.38. The molecule has 0 bridgehead atoms. The number of alkyl halides is 3. The molecule has 0 saturated heterocycles. The smallest absolute Gasteiger partial charge is 0.490 e. The first kappa shape index (κ1) is 52.8. The normalized spacial score (nSPS) is 14.0. The lowest BCUT2D eigenvalue weighted by molar-refractivity contribution is -0.192. The molecule has 0 aromatic heterocycles. The van der Waals surface area contributed by atoms with Crippen molar-refractivity contribution in [2.24, 2.45) is 23.1 Å². The summed E-state index contributed by atoms with van der Waals surface area (Å²) in [5.41, 5.74) is 16.6. The van der Waals surface area contributed by atoms with Crippen LogP contribution in [0.3, 0.4) is 0 Å². The molecular weight excluding hydrogens is 821 g/mol. The maximum Gasteiger partial charge on any atom is 0.490 e. The molecule has 15 N–H and O–H groups in total. The first-order valence-corrected chi connectivity index (χ1v) is 17.8. The number of hydrogen-bond acceptors (Lipinski definition) is 13. The molecule has 0 aliphatic heterocycles. The Bertz CT molecular complexity index is 1680. The molecule has 1 aromatic carbocycles. The number of carboxylic acid groups (broad SMARTS) is 3. The van der Waals surface area contributed by atoms with Gasteiger partial charge in [-0.1, -0.05) is 26.0 Å². The van der Waals surface area contributed by atoms with Gasteiger partial charge in [-0.15, -0.1) is 0 Å². The number of carbonyl (C=O) groups excluding carboxylic acids is 7. The lowest BCUT2D eigenvalue weighted by Gasteiger charge is -2.26. The molecule has 6 atom stereocenters. The van der Waals surface area contributed by atoms with E-state index in [4.69, 9.17) is 27.1 Å². The molecule has 0 aliphatic rings. The number of benzene rings is 1. The third-order valence-corrected chi connectivity index (χ3v) is 7.83. The quantitative estimate of drug-likeness (QED) is 0.0488. The second-order valence-corrected chi connectivity index (χ2v) is 13.4. The first-order valence-electron chi connectivity index (χ1n) is 17.2. The van der Waals surface area contributed by atoms with Gasteiger partial charge in [0.05, 0.1) is 18.9 Å². The monoisotopic (exact) mass is 868 g/mol. The van der Waals surface area contributed by atoms with E-state index in [1.54, 1.807) is 13.8 Å². The number of phenolic OH excluding ortho intramolecular Hbond substituents is 1. The van der Waals surface area contributed by atoms with Gasteiger partial charge in [0, 0.05) is 18.6 Å². The van der Waals surface area contributed by atoms with E-state index in [-0.39, 0.29) is 30.3 Å². The van der Waals surface area contributed by atoms with Gasteiger partial charge in [0.2, 0.25) is 41.4 Å². The SMILES string of the molecule is CC(C)CC(N)C(=O)NC(CCC(=O)O)C(=O)NC(CC(N)=O)C(=O)NC(Cc1ccc(O)cc1)C(=O)NC(CS)C(=O)NC(CC(N)=O)C(=O)O.O=C(O)C(F)(F)F. The topological polar surface area (TPSA) is 390 Å². The highest BCUT2D eigenvalue weighted by molar-refractivity contribution is 7.80. The zero-order chi connectivity index (χ0) is 45.8. The minimum Gasteiger partial charge on any atom is -0.508 e. The van der Waals surface area contributed by atoms with Crippen LogP contribution < -0.4 is 43.8 Å². The fourth-order valence-electron chi connectivity index (χ4n) is 4.60. The van der Waals surface area contributed by atoms with Crippen molar-refractivity contribution < 1.29 is 81.5 Å². The molecule has 1 rings (SSSR count). The third-order valence-electron chi connectivity index (χ3n) is 7.47. The van der Waals surface area contributed by atoms with Crippen molar-refractivity contribution in [1.82, 2.24) is 26.6 Å². The number of aromatic hydroxyl groups is 1. The average molecular weight is 869 g/mol. The lowest BCUT2D eigenvalue weighted by atomic mass is 10.0. The summed E-state index contributed by atoms with van der Waals surface area (Å²) in [6, 6.07) is -3.73. The Labute approximate surface area is 339 Å². The number of rotatable bonds is 23. The molecule has 22 nitrogen and oxygen atoms in total. The summed E-state index contributed by atoms with van der Waals surface area (Å²) < 4.78 is 31.7. The molecule has 0 fully saturated rings. The summed E-state index contributed by atoms with van der Waals surface area (Å²) >= 11 is 4.03. The van der Waals surface area contributed by atoms with Crippen molar-refractivity contribution >= 4 is 71.9 Å². The van der Waals surface area contributed by atoms with E-state index in [0.29, 0.717) is 5.56 Å². The van der Waals surface area contributed by atoms with Crippen LogP contribution in [0.25, 0.3) is 0 Å². The third kappa shape index (κ3) is 21.8. The summed E-state index contributed by atoms with van der Waals surface area (Å²) in [6.45, 7) is 3.61. The number of aliphatic carboxylic acids is 3. The molecule has 330 valence electrons. The molecule has 6 unspecified atom stereocenters. The molecule has 7 amide bonds. The largest absolute Gasteiger partial charge is 0.508 e. The number of carbonyl (C=O) groups is 10. The van der Waals surface area contributed by atoms with Gasteiger partial charge in [-0.2, -0.15) is 25.8 Å². The van der Waals surface area contributed by atoms with Crippen molar-refractivity contribution in [2.45, 2.75) is 94.8 Å². The van der Waals surface area contributed by atoms with Crippen molar-refractivity contribution in [3.8, 4) is 5.75 Å². The van der Waals surface area contributed by atoms with E-state index in [1.807, 2.05) is 0 Å². The van der Waals surface area contributed by atoms with Gasteiger partial charge in [0.1, 0.15) is 36.0 Å². The minimum atomic E-state index is -5.08. The summed E-state index contributed by atoms with van der Waals surface area (Å²) in [5, 5.41) is 46.7. The summed E-state index contributed by atoms with van der Waals surface area (Å²) in [5.74, 6) is -13.3.